The Hall–Kier alpha value is -1.65. The highest BCUT2D eigenvalue weighted by Crippen LogP contribution is 2.24. The van der Waals surface area contributed by atoms with Crippen molar-refractivity contribution in [2.24, 2.45) is 0 Å². The summed E-state index contributed by atoms with van der Waals surface area (Å²) in [5.41, 5.74) is 2.03. The second-order valence-electron chi connectivity index (χ2n) is 4.79. The van der Waals surface area contributed by atoms with Crippen LogP contribution in [0.5, 0.6) is 5.88 Å². The van der Waals surface area contributed by atoms with Gasteiger partial charge in [-0.05, 0) is 37.1 Å². The van der Waals surface area contributed by atoms with Crippen LogP contribution in [0.25, 0.3) is 0 Å². The van der Waals surface area contributed by atoms with Crippen LogP contribution in [0.2, 0.25) is 5.02 Å². The lowest BCUT2D eigenvalue weighted by atomic mass is 10.0. The Morgan fingerprint density at radius 2 is 1.90 bits per heavy atom. The van der Waals surface area contributed by atoms with Gasteiger partial charge < -0.3 is 10.1 Å². The minimum Gasteiger partial charge on any atom is -0.480 e. The quantitative estimate of drug-likeness (QED) is 0.851. The summed E-state index contributed by atoms with van der Waals surface area (Å²) in [7, 11) is 1.62. The first-order chi connectivity index (χ1) is 10.2. The van der Waals surface area contributed by atoms with Crippen molar-refractivity contribution >= 4 is 11.6 Å². The van der Waals surface area contributed by atoms with Gasteiger partial charge in [0, 0.05) is 17.4 Å². The zero-order valence-corrected chi connectivity index (χ0v) is 13.1. The standard InChI is InChI=1S/C16H20ClN3O/c1-3-8-18-14(11-12-4-6-13(17)7-5-12)15-16(21-2)20-10-9-19-15/h4-7,9-10,14,18H,3,8,11H2,1-2H3. The molecule has 1 aromatic heterocycles. The number of rotatable bonds is 7. The molecule has 2 rings (SSSR count). The molecular formula is C16H20ClN3O. The van der Waals surface area contributed by atoms with Gasteiger partial charge in [-0.25, -0.2) is 4.98 Å². The number of halogens is 1. The van der Waals surface area contributed by atoms with Crippen LogP contribution in [0, 0.1) is 0 Å². The van der Waals surface area contributed by atoms with Gasteiger partial charge in [0.15, 0.2) is 0 Å². The van der Waals surface area contributed by atoms with E-state index in [1.807, 2.05) is 24.3 Å². The Kier molecular flexibility index (Phi) is 5.96. The molecule has 21 heavy (non-hydrogen) atoms. The van der Waals surface area contributed by atoms with Crippen molar-refractivity contribution < 1.29 is 4.74 Å². The highest BCUT2D eigenvalue weighted by molar-refractivity contribution is 6.30. The molecule has 1 atom stereocenters. The van der Waals surface area contributed by atoms with Crippen LogP contribution in [0.4, 0.5) is 0 Å². The van der Waals surface area contributed by atoms with E-state index in [2.05, 4.69) is 22.2 Å². The lowest BCUT2D eigenvalue weighted by Gasteiger charge is -2.19. The fourth-order valence-corrected chi connectivity index (χ4v) is 2.30. The summed E-state index contributed by atoms with van der Waals surface area (Å²) in [5, 5.41) is 4.25. The summed E-state index contributed by atoms with van der Waals surface area (Å²) in [4.78, 5) is 8.68. The highest BCUT2D eigenvalue weighted by Gasteiger charge is 2.18. The monoisotopic (exact) mass is 305 g/mol. The Labute approximate surface area is 130 Å². The predicted octanol–water partition coefficient (Wildman–Crippen LogP) is 3.42. The first kappa shape index (κ1) is 15.7. The second-order valence-corrected chi connectivity index (χ2v) is 5.22. The third-order valence-electron chi connectivity index (χ3n) is 3.21. The van der Waals surface area contributed by atoms with E-state index in [-0.39, 0.29) is 6.04 Å². The van der Waals surface area contributed by atoms with Gasteiger partial charge in [-0.1, -0.05) is 30.7 Å². The maximum absolute atomic E-state index is 5.94. The lowest BCUT2D eigenvalue weighted by molar-refractivity contribution is 0.376. The van der Waals surface area contributed by atoms with Gasteiger partial charge in [0.2, 0.25) is 5.88 Å². The van der Waals surface area contributed by atoms with Crippen molar-refractivity contribution in [3.8, 4) is 5.88 Å². The molecule has 0 aliphatic rings. The Balaban J connectivity index is 2.23. The number of benzene rings is 1. The minimum atomic E-state index is 0.0646. The van der Waals surface area contributed by atoms with Crippen molar-refractivity contribution in [3.63, 3.8) is 0 Å². The number of hydrogen-bond acceptors (Lipinski definition) is 4. The van der Waals surface area contributed by atoms with E-state index >= 15 is 0 Å². The summed E-state index contributed by atoms with van der Waals surface area (Å²) < 4.78 is 5.33. The zero-order chi connectivity index (χ0) is 15.1. The Morgan fingerprint density at radius 1 is 1.19 bits per heavy atom. The summed E-state index contributed by atoms with van der Waals surface area (Å²) in [6.07, 6.45) is 5.20. The van der Waals surface area contributed by atoms with Gasteiger partial charge in [0.1, 0.15) is 5.69 Å². The molecule has 0 amide bonds. The molecule has 2 aromatic rings. The number of aromatic nitrogens is 2. The van der Waals surface area contributed by atoms with Gasteiger partial charge in [-0.3, -0.25) is 4.98 Å². The molecule has 5 heteroatoms. The third kappa shape index (κ3) is 4.41. The molecule has 0 aliphatic heterocycles. The van der Waals surface area contributed by atoms with Gasteiger partial charge in [-0.2, -0.15) is 0 Å². The Bertz CT molecular complexity index is 560. The summed E-state index contributed by atoms with van der Waals surface area (Å²) in [6, 6.07) is 7.94. The molecule has 0 aliphatic carbocycles. The van der Waals surface area contributed by atoms with Gasteiger partial charge in [0.05, 0.1) is 13.2 Å². The smallest absolute Gasteiger partial charge is 0.237 e. The van der Waals surface area contributed by atoms with Crippen molar-refractivity contribution in [1.29, 1.82) is 0 Å². The van der Waals surface area contributed by atoms with Gasteiger partial charge in [-0.15, -0.1) is 0 Å². The second kappa shape index (κ2) is 7.96. The number of nitrogens with zero attached hydrogens (tertiary/aromatic N) is 2. The van der Waals surface area contributed by atoms with E-state index in [0.29, 0.717) is 5.88 Å². The first-order valence-electron chi connectivity index (χ1n) is 7.07. The molecule has 1 aromatic carbocycles. The van der Waals surface area contributed by atoms with E-state index in [1.54, 1.807) is 19.5 Å². The zero-order valence-electron chi connectivity index (χ0n) is 12.3. The summed E-state index contributed by atoms with van der Waals surface area (Å²) >= 11 is 5.94. The van der Waals surface area contributed by atoms with Crippen molar-refractivity contribution in [2.75, 3.05) is 13.7 Å². The fraction of sp³-hybridized carbons (Fsp3) is 0.375. The first-order valence-corrected chi connectivity index (χ1v) is 7.45. The number of ether oxygens (including phenoxy) is 1. The Morgan fingerprint density at radius 3 is 2.57 bits per heavy atom. The number of hydrogen-bond donors (Lipinski definition) is 1. The maximum atomic E-state index is 5.94. The maximum Gasteiger partial charge on any atom is 0.237 e. The average molecular weight is 306 g/mol. The van der Waals surface area contributed by atoms with Crippen LogP contribution < -0.4 is 10.1 Å². The largest absolute Gasteiger partial charge is 0.480 e. The van der Waals surface area contributed by atoms with Crippen LogP contribution in [0.1, 0.15) is 30.6 Å². The molecular weight excluding hydrogens is 286 g/mol. The molecule has 1 N–H and O–H groups in total. The minimum absolute atomic E-state index is 0.0646. The van der Waals surface area contributed by atoms with Crippen LogP contribution in [0.3, 0.4) is 0 Å². The van der Waals surface area contributed by atoms with Crippen molar-refractivity contribution in [2.45, 2.75) is 25.8 Å². The van der Waals surface area contributed by atoms with Crippen molar-refractivity contribution in [1.82, 2.24) is 15.3 Å². The third-order valence-corrected chi connectivity index (χ3v) is 3.46. The van der Waals surface area contributed by atoms with Gasteiger partial charge in [0.25, 0.3) is 0 Å². The molecule has 0 fully saturated rings. The molecule has 0 bridgehead atoms. The topological polar surface area (TPSA) is 47.0 Å². The van der Waals surface area contributed by atoms with E-state index in [1.165, 1.54) is 5.56 Å². The number of methoxy groups -OCH3 is 1. The van der Waals surface area contributed by atoms with Crippen molar-refractivity contribution in [3.05, 3.63) is 52.9 Å². The van der Waals surface area contributed by atoms with Gasteiger partial charge >= 0.3 is 0 Å². The molecule has 1 heterocycles. The SMILES string of the molecule is CCCNC(Cc1ccc(Cl)cc1)c1nccnc1OC. The predicted molar refractivity (Wildman–Crippen MR) is 84.8 cm³/mol. The molecule has 1 unspecified atom stereocenters. The molecule has 0 saturated carbocycles. The highest BCUT2D eigenvalue weighted by atomic mass is 35.5. The number of nitrogens with one attached hydrogen (secondary N) is 1. The van der Waals surface area contributed by atoms with E-state index in [4.69, 9.17) is 16.3 Å². The molecule has 0 spiro atoms. The van der Waals surface area contributed by atoms with E-state index in [0.717, 1.165) is 30.1 Å². The van der Waals surface area contributed by atoms with E-state index < -0.39 is 0 Å². The average Bonchev–Trinajstić information content (AvgIpc) is 2.53. The lowest BCUT2D eigenvalue weighted by Crippen LogP contribution is -2.25. The van der Waals surface area contributed by atoms with Crippen LogP contribution in [-0.2, 0) is 6.42 Å². The fourth-order valence-electron chi connectivity index (χ4n) is 2.17. The summed E-state index contributed by atoms with van der Waals surface area (Å²) in [5.74, 6) is 0.570. The van der Waals surface area contributed by atoms with Crippen LogP contribution in [0.15, 0.2) is 36.7 Å². The molecule has 0 saturated heterocycles. The van der Waals surface area contributed by atoms with E-state index in [9.17, 15) is 0 Å². The molecule has 4 nitrogen and oxygen atoms in total. The molecule has 112 valence electrons. The van der Waals surface area contributed by atoms with Crippen LogP contribution in [-0.4, -0.2) is 23.6 Å². The van der Waals surface area contributed by atoms with Crippen LogP contribution >= 0.6 is 11.6 Å². The normalized spacial score (nSPS) is 12.1. The molecule has 0 radical (unpaired) electrons. The summed E-state index contributed by atoms with van der Waals surface area (Å²) in [6.45, 7) is 3.05.